The lowest BCUT2D eigenvalue weighted by Crippen LogP contribution is -1.34. The van der Waals surface area contributed by atoms with E-state index in [0.29, 0.717) is 0 Å². The van der Waals surface area contributed by atoms with Crippen LogP contribution in [0.2, 0.25) is 0 Å². The Bertz CT molecular complexity index is 74.9. The average Bonchev–Trinajstić information content (AvgIpc) is 1.72. The summed E-state index contributed by atoms with van der Waals surface area (Å²) >= 11 is 2.88. The van der Waals surface area contributed by atoms with Gasteiger partial charge in [0, 0.05) is 4.04 Å². The molecule has 4 heteroatoms. The largest absolute Gasteiger partial charge is 0.0458 e. The molecule has 0 atom stereocenters. The molecule has 6 heavy (non-hydrogen) atoms. The molecule has 38 valence electrons. The molecule has 1 aliphatic heterocycles. The smallest absolute Gasteiger partial charge is 0.0153 e. The molecule has 0 aliphatic carbocycles. The molecule has 0 aromatic rings. The van der Waals surface area contributed by atoms with Crippen molar-refractivity contribution in [3.8, 4) is 0 Å². The molecule has 0 aromatic carbocycles. The first-order valence-corrected chi connectivity index (χ1v) is 18.7. The fourth-order valence-electron chi connectivity index (χ4n) is 0.0956. The molecule has 1 heterocycles. The molecule has 0 nitrogen and oxygen atoms in total. The highest BCUT2D eigenvalue weighted by atomic mass is 128. The van der Waals surface area contributed by atoms with Crippen molar-refractivity contribution in [2.24, 2.45) is 0 Å². The minimum Gasteiger partial charge on any atom is -0.0458 e. The van der Waals surface area contributed by atoms with Crippen LogP contribution in [0.3, 0.4) is 0 Å². The molecular formula is C2H2I4. The van der Waals surface area contributed by atoms with Gasteiger partial charge < -0.3 is 0 Å². The van der Waals surface area contributed by atoms with E-state index in [2.05, 4.69) is 4.04 Å². The molecule has 0 saturated heterocycles. The Morgan fingerprint density at radius 2 is 1.33 bits per heavy atom. The van der Waals surface area contributed by atoms with Crippen molar-refractivity contribution < 1.29 is 0 Å². The van der Waals surface area contributed by atoms with E-state index in [0.717, 1.165) is 66.7 Å². The normalized spacial score (nSPS) is 21.3. The van der Waals surface area contributed by atoms with Crippen LogP contribution in [0.15, 0.2) is 0 Å². The van der Waals surface area contributed by atoms with Crippen LogP contribution < -0.4 is 0 Å². The molecule has 0 spiro atoms. The third kappa shape index (κ3) is 2.84. The fourth-order valence-corrected chi connectivity index (χ4v) is 69.5. The van der Waals surface area contributed by atoms with Gasteiger partial charge in [-0.2, -0.15) is 0 Å². The Kier molecular flexibility index (Phi) is 5.12. The lowest BCUT2D eigenvalue weighted by atomic mass is 12.0. The molecule has 1 aliphatic rings. The van der Waals surface area contributed by atoms with Crippen molar-refractivity contribution in [3.63, 3.8) is 0 Å². The summed E-state index contributed by atoms with van der Waals surface area (Å²) in [4.78, 5) is 0. The van der Waals surface area contributed by atoms with Crippen LogP contribution in [0.4, 0.5) is 0 Å². The highest BCUT2D eigenvalue weighted by molar-refractivity contribution is 15.1. The van der Waals surface area contributed by atoms with Crippen LogP contribution in [0.25, 0.3) is 0 Å². The summed E-state index contributed by atoms with van der Waals surface area (Å²) < 4.78 is 5.36. The Hall–Kier alpha value is 2.66. The van der Waals surface area contributed by atoms with Gasteiger partial charge >= 0.3 is 0 Å². The van der Waals surface area contributed by atoms with Crippen LogP contribution in [0, 0.1) is 0 Å². The predicted octanol–water partition coefficient (Wildman–Crippen LogP) is 3.23. The van der Waals surface area contributed by atoms with Gasteiger partial charge in [0.25, 0.3) is 0 Å². The lowest BCUT2D eigenvalue weighted by Gasteiger charge is -1.73. The van der Waals surface area contributed by atoms with Gasteiger partial charge in [-0.3, -0.25) is 0 Å². The molecule has 0 saturated carbocycles. The van der Waals surface area contributed by atoms with Crippen molar-refractivity contribution in [1.82, 2.24) is 0 Å². The molecule has 0 N–H and O–H groups in total. The summed E-state index contributed by atoms with van der Waals surface area (Å²) in [5.74, 6) is 0. The third-order valence-corrected chi connectivity index (χ3v) is 41.9. The molecule has 0 amide bonds. The van der Waals surface area contributed by atoms with Gasteiger partial charge in [-0.15, -0.1) is 0 Å². The van der Waals surface area contributed by atoms with Crippen LogP contribution in [0.1, 0.15) is 0 Å². The van der Waals surface area contributed by atoms with Crippen molar-refractivity contribution in [2.75, 3.05) is 0 Å². The summed E-state index contributed by atoms with van der Waals surface area (Å²) in [5.41, 5.74) is 0. The van der Waals surface area contributed by atoms with E-state index in [1.54, 1.807) is 0 Å². The molecule has 0 radical (unpaired) electrons. The molecule has 0 unspecified atom stereocenters. The zero-order valence-electron chi connectivity index (χ0n) is 2.67. The highest BCUT2D eigenvalue weighted by Crippen LogP contribution is 2.31. The Labute approximate surface area is 68.7 Å². The maximum atomic E-state index is 2.68. The number of rotatable bonds is 0. The quantitative estimate of drug-likeness (QED) is 0.420. The average molecular weight is 534 g/mol. The van der Waals surface area contributed by atoms with Gasteiger partial charge in [0.05, 0.1) is 0 Å². The summed E-state index contributed by atoms with van der Waals surface area (Å²) in [5, 5.41) is 0. The molecule has 0 aromatic heterocycles. The fraction of sp³-hybridized carbons (Fsp3) is 0. The van der Waals surface area contributed by atoms with Crippen molar-refractivity contribution in [2.45, 2.75) is 0 Å². The van der Waals surface area contributed by atoms with Gasteiger partial charge in [-0.25, -0.2) is 0 Å². The molecule has 0 fully saturated rings. The van der Waals surface area contributed by atoms with E-state index < -0.39 is 0 Å². The lowest BCUT2D eigenvalue weighted by molar-refractivity contribution is 4.83. The predicted molar refractivity (Wildman–Crippen MR) is 68.2 cm³/mol. The Morgan fingerprint density at radius 1 is 0.833 bits per heavy atom. The van der Waals surface area contributed by atoms with Gasteiger partial charge in [0.2, 0.25) is 0 Å². The SMILES string of the molecule is C1=II=CI=I1. The van der Waals surface area contributed by atoms with Crippen LogP contribution in [0.5, 0.6) is 0 Å². The van der Waals surface area contributed by atoms with Crippen LogP contribution >= 0.6 is 66.7 Å². The Balaban J connectivity index is 2.77. The van der Waals surface area contributed by atoms with E-state index in [-0.39, 0.29) is 0 Å². The number of hydrogen-bond acceptors (Lipinski definition) is 0. The first kappa shape index (κ1) is 6.78. The van der Waals surface area contributed by atoms with E-state index in [4.69, 9.17) is 0 Å². The minimum atomic E-state index is 0.721. The first-order valence-electron chi connectivity index (χ1n) is 1.16. The first-order chi connectivity index (χ1) is 3.00. The van der Waals surface area contributed by atoms with E-state index >= 15 is 0 Å². The second-order valence-corrected chi connectivity index (χ2v) is 22.3. The van der Waals surface area contributed by atoms with Crippen LogP contribution in [-0.2, 0) is 0 Å². The second-order valence-electron chi connectivity index (χ2n) is 0.495. The molecule has 1 rings (SSSR count). The summed E-state index contributed by atoms with van der Waals surface area (Å²) in [7, 11) is 0. The summed E-state index contributed by atoms with van der Waals surface area (Å²) in [6.45, 7) is 0. The molecule has 0 bridgehead atoms. The molecular weight excluding hydrogens is 532 g/mol. The van der Waals surface area contributed by atoms with Gasteiger partial charge in [-0.1, -0.05) is 0 Å². The third-order valence-electron chi connectivity index (χ3n) is 0.220. The van der Waals surface area contributed by atoms with Gasteiger partial charge in [0.15, 0.2) is 0 Å². The van der Waals surface area contributed by atoms with Gasteiger partial charge in [0.1, 0.15) is 0 Å². The van der Waals surface area contributed by atoms with Crippen LogP contribution in [-0.4, -0.2) is 4.04 Å². The van der Waals surface area contributed by atoms with Crippen molar-refractivity contribution in [3.05, 3.63) is 0 Å². The number of halogens is 4. The zero-order chi connectivity index (χ0) is 4.24. The Morgan fingerprint density at radius 3 is 1.50 bits per heavy atom. The van der Waals surface area contributed by atoms with Crippen molar-refractivity contribution >= 4 is 70.7 Å². The zero-order valence-corrected chi connectivity index (χ0v) is 11.3. The van der Waals surface area contributed by atoms with Crippen molar-refractivity contribution in [1.29, 1.82) is 0 Å². The second kappa shape index (κ2) is 4.53. The van der Waals surface area contributed by atoms with E-state index in [1.807, 2.05) is 0 Å². The topological polar surface area (TPSA) is 0 Å². The number of hydrogen-bond donors (Lipinski definition) is 0. The highest BCUT2D eigenvalue weighted by Gasteiger charge is 1.68. The standard InChI is InChI=1S/C2H2I4/c1-3-5-2-6-4-1/h1-2H. The maximum Gasteiger partial charge on any atom is 0.0153 e. The van der Waals surface area contributed by atoms with E-state index in [1.165, 1.54) is 0 Å². The maximum absolute atomic E-state index is 2.68. The monoisotopic (exact) mass is 534 g/mol. The van der Waals surface area contributed by atoms with E-state index in [9.17, 15) is 0 Å². The minimum absolute atomic E-state index is 0.721. The van der Waals surface area contributed by atoms with Gasteiger partial charge in [-0.05, 0) is 66.7 Å². The summed E-state index contributed by atoms with van der Waals surface area (Å²) in [6.07, 6.45) is 0. The summed E-state index contributed by atoms with van der Waals surface area (Å²) in [6, 6.07) is 0.